The summed E-state index contributed by atoms with van der Waals surface area (Å²) in [6.45, 7) is 5.23. The van der Waals surface area contributed by atoms with E-state index >= 15 is 0 Å². The van der Waals surface area contributed by atoms with Crippen molar-refractivity contribution in [2.75, 3.05) is 12.3 Å². The Morgan fingerprint density at radius 3 is 2.63 bits per heavy atom. The molecular formula is C16H22N2O. The summed E-state index contributed by atoms with van der Waals surface area (Å²) in [7, 11) is 0. The van der Waals surface area contributed by atoms with E-state index in [0.29, 0.717) is 11.7 Å². The minimum Gasteiger partial charge on any atom is -0.398 e. The topological polar surface area (TPSA) is 46.3 Å². The monoisotopic (exact) mass is 258 g/mol. The lowest BCUT2D eigenvalue weighted by atomic mass is 9.77. The summed E-state index contributed by atoms with van der Waals surface area (Å²) in [6.07, 6.45) is 4.77. The number of anilines is 1. The zero-order chi connectivity index (χ0) is 13.6. The number of hydrogen-bond donors (Lipinski definition) is 1. The highest BCUT2D eigenvalue weighted by Gasteiger charge is 2.40. The first kappa shape index (κ1) is 12.5. The molecule has 102 valence electrons. The summed E-state index contributed by atoms with van der Waals surface area (Å²) in [5.41, 5.74) is 8.52. The van der Waals surface area contributed by atoms with Crippen LogP contribution in [0.2, 0.25) is 0 Å². The van der Waals surface area contributed by atoms with Gasteiger partial charge in [-0.1, -0.05) is 38.8 Å². The Morgan fingerprint density at radius 1 is 1.26 bits per heavy atom. The van der Waals surface area contributed by atoms with E-state index in [4.69, 9.17) is 5.73 Å². The third kappa shape index (κ3) is 1.92. The van der Waals surface area contributed by atoms with Gasteiger partial charge in [0, 0.05) is 23.7 Å². The molecule has 1 saturated carbocycles. The van der Waals surface area contributed by atoms with Crippen molar-refractivity contribution < 1.29 is 4.79 Å². The minimum atomic E-state index is -0.0127. The van der Waals surface area contributed by atoms with Crippen LogP contribution in [0.15, 0.2) is 18.2 Å². The fraction of sp³-hybridized carbons (Fsp3) is 0.562. The van der Waals surface area contributed by atoms with Crippen LogP contribution in [-0.2, 0) is 5.41 Å². The number of amides is 1. The van der Waals surface area contributed by atoms with Crippen molar-refractivity contribution in [3.8, 4) is 0 Å². The lowest BCUT2D eigenvalue weighted by Crippen LogP contribution is -2.50. The van der Waals surface area contributed by atoms with Gasteiger partial charge in [0.25, 0.3) is 5.91 Å². The summed E-state index contributed by atoms with van der Waals surface area (Å²) in [4.78, 5) is 14.8. The molecule has 1 aliphatic heterocycles. The smallest absolute Gasteiger partial charge is 0.256 e. The molecule has 0 unspecified atom stereocenters. The summed E-state index contributed by atoms with van der Waals surface area (Å²) in [5, 5.41) is 0. The predicted molar refractivity (Wildman–Crippen MR) is 77.2 cm³/mol. The molecule has 1 amide bonds. The van der Waals surface area contributed by atoms with Crippen LogP contribution in [0.3, 0.4) is 0 Å². The molecule has 3 nitrogen and oxygen atoms in total. The summed E-state index contributed by atoms with van der Waals surface area (Å²) in [5.74, 6) is 0.138. The number of rotatable bonds is 1. The maximum Gasteiger partial charge on any atom is 0.256 e. The lowest BCUT2D eigenvalue weighted by Gasteiger charge is -2.42. The number of nitrogens with two attached hydrogens (primary N) is 1. The van der Waals surface area contributed by atoms with E-state index in [9.17, 15) is 4.79 Å². The van der Waals surface area contributed by atoms with Crippen LogP contribution in [0, 0.1) is 0 Å². The number of carbonyl (C=O) groups is 1. The molecule has 0 spiro atoms. The van der Waals surface area contributed by atoms with Crippen molar-refractivity contribution in [1.29, 1.82) is 0 Å². The highest BCUT2D eigenvalue weighted by molar-refractivity contribution is 6.02. The standard InChI is InChI=1S/C16H22N2O/c1-16(2)10-18(11-6-3-4-7-11)15(19)14-12(16)8-5-9-13(14)17/h5,8-9,11H,3-4,6-7,10,17H2,1-2H3. The molecule has 1 heterocycles. The van der Waals surface area contributed by atoms with Gasteiger partial charge in [-0.05, 0) is 24.5 Å². The van der Waals surface area contributed by atoms with E-state index in [1.54, 1.807) is 0 Å². The van der Waals surface area contributed by atoms with Crippen molar-refractivity contribution in [3.05, 3.63) is 29.3 Å². The van der Waals surface area contributed by atoms with E-state index in [1.165, 1.54) is 12.8 Å². The Bertz CT molecular complexity index is 515. The second kappa shape index (κ2) is 4.26. The van der Waals surface area contributed by atoms with Gasteiger partial charge in [-0.2, -0.15) is 0 Å². The van der Waals surface area contributed by atoms with Gasteiger partial charge in [-0.25, -0.2) is 0 Å². The fourth-order valence-corrected chi connectivity index (χ4v) is 3.61. The number of hydrogen-bond acceptors (Lipinski definition) is 2. The van der Waals surface area contributed by atoms with Crippen molar-refractivity contribution in [2.24, 2.45) is 0 Å². The average Bonchev–Trinajstić information content (AvgIpc) is 2.87. The van der Waals surface area contributed by atoms with Crippen molar-refractivity contribution in [3.63, 3.8) is 0 Å². The average molecular weight is 258 g/mol. The van der Waals surface area contributed by atoms with E-state index in [1.807, 2.05) is 12.1 Å². The molecule has 0 bridgehead atoms. The molecule has 19 heavy (non-hydrogen) atoms. The van der Waals surface area contributed by atoms with Gasteiger partial charge in [0.1, 0.15) is 0 Å². The van der Waals surface area contributed by atoms with Crippen molar-refractivity contribution in [2.45, 2.75) is 51.0 Å². The van der Waals surface area contributed by atoms with E-state index in [0.717, 1.165) is 30.5 Å². The quantitative estimate of drug-likeness (QED) is 0.787. The number of benzene rings is 1. The normalized spacial score (nSPS) is 22.6. The SMILES string of the molecule is CC1(C)CN(C2CCCC2)C(=O)c2c(N)cccc21. The molecule has 1 aromatic rings. The first-order chi connectivity index (χ1) is 9.00. The molecule has 2 aliphatic rings. The minimum absolute atomic E-state index is 0.0127. The maximum atomic E-state index is 12.8. The summed E-state index contributed by atoms with van der Waals surface area (Å²) in [6, 6.07) is 6.26. The van der Waals surface area contributed by atoms with Crippen LogP contribution in [0.1, 0.15) is 55.5 Å². The highest BCUT2D eigenvalue weighted by Crippen LogP contribution is 2.38. The molecular weight excluding hydrogens is 236 g/mol. The maximum absolute atomic E-state index is 12.8. The zero-order valence-electron chi connectivity index (χ0n) is 11.8. The molecule has 2 N–H and O–H groups in total. The first-order valence-corrected chi connectivity index (χ1v) is 7.20. The molecule has 1 aromatic carbocycles. The molecule has 0 radical (unpaired) electrons. The van der Waals surface area contributed by atoms with Gasteiger partial charge in [0.05, 0.1) is 5.56 Å². The summed E-state index contributed by atoms with van der Waals surface area (Å²) < 4.78 is 0. The summed E-state index contributed by atoms with van der Waals surface area (Å²) >= 11 is 0. The third-order valence-electron chi connectivity index (χ3n) is 4.63. The lowest BCUT2D eigenvalue weighted by molar-refractivity contribution is 0.0599. The second-order valence-corrected chi connectivity index (χ2v) is 6.53. The van der Waals surface area contributed by atoms with Gasteiger partial charge in [0.15, 0.2) is 0 Å². The number of carbonyl (C=O) groups excluding carboxylic acids is 1. The Hall–Kier alpha value is -1.51. The van der Waals surface area contributed by atoms with Crippen LogP contribution >= 0.6 is 0 Å². The van der Waals surface area contributed by atoms with Gasteiger partial charge >= 0.3 is 0 Å². The Morgan fingerprint density at radius 2 is 1.95 bits per heavy atom. The molecule has 1 aliphatic carbocycles. The zero-order valence-corrected chi connectivity index (χ0v) is 11.8. The molecule has 0 aromatic heterocycles. The van der Waals surface area contributed by atoms with Crippen LogP contribution in [0.5, 0.6) is 0 Å². The van der Waals surface area contributed by atoms with Crippen LogP contribution < -0.4 is 5.73 Å². The van der Waals surface area contributed by atoms with Crippen molar-refractivity contribution in [1.82, 2.24) is 4.90 Å². The first-order valence-electron chi connectivity index (χ1n) is 7.20. The molecule has 3 heteroatoms. The van der Waals surface area contributed by atoms with Gasteiger partial charge in [-0.15, -0.1) is 0 Å². The van der Waals surface area contributed by atoms with E-state index < -0.39 is 0 Å². The van der Waals surface area contributed by atoms with Gasteiger partial charge in [-0.3, -0.25) is 4.79 Å². The number of nitrogens with zero attached hydrogens (tertiary/aromatic N) is 1. The second-order valence-electron chi connectivity index (χ2n) is 6.53. The van der Waals surface area contributed by atoms with Crippen LogP contribution in [-0.4, -0.2) is 23.4 Å². The van der Waals surface area contributed by atoms with E-state index in [-0.39, 0.29) is 11.3 Å². The Labute approximate surface area is 114 Å². The Balaban J connectivity index is 2.06. The predicted octanol–water partition coefficient (Wildman–Crippen LogP) is 2.94. The number of nitrogen functional groups attached to an aromatic ring is 1. The van der Waals surface area contributed by atoms with Crippen molar-refractivity contribution >= 4 is 11.6 Å². The highest BCUT2D eigenvalue weighted by atomic mass is 16.2. The van der Waals surface area contributed by atoms with Gasteiger partial charge in [0.2, 0.25) is 0 Å². The molecule has 3 rings (SSSR count). The molecule has 0 saturated heterocycles. The molecule has 1 fully saturated rings. The van der Waals surface area contributed by atoms with Crippen LogP contribution in [0.25, 0.3) is 0 Å². The van der Waals surface area contributed by atoms with Crippen LogP contribution in [0.4, 0.5) is 5.69 Å². The fourth-order valence-electron chi connectivity index (χ4n) is 3.61. The number of fused-ring (bicyclic) bond motifs is 1. The molecule has 0 atom stereocenters. The largest absolute Gasteiger partial charge is 0.398 e. The Kier molecular flexibility index (Phi) is 2.80. The third-order valence-corrected chi connectivity index (χ3v) is 4.63. The van der Waals surface area contributed by atoms with E-state index in [2.05, 4.69) is 24.8 Å². The van der Waals surface area contributed by atoms with Gasteiger partial charge < -0.3 is 10.6 Å².